The molecule has 1 aliphatic heterocycles. The summed E-state index contributed by atoms with van der Waals surface area (Å²) < 4.78 is 5.11. The number of nitrogens with zero attached hydrogens (tertiary/aromatic N) is 1. The van der Waals surface area contributed by atoms with Gasteiger partial charge in [-0.3, -0.25) is 14.4 Å². The minimum Gasteiger partial charge on any atom is -0.505 e. The zero-order valence-electron chi connectivity index (χ0n) is 12.1. The van der Waals surface area contributed by atoms with E-state index in [-0.39, 0.29) is 41.0 Å². The lowest BCUT2D eigenvalue weighted by molar-refractivity contribution is 0.0814. The van der Waals surface area contributed by atoms with Gasteiger partial charge >= 0.3 is 0 Å². The first-order valence-electron chi connectivity index (χ1n) is 6.79. The fourth-order valence-electron chi connectivity index (χ4n) is 2.52. The van der Waals surface area contributed by atoms with Crippen molar-refractivity contribution < 1.29 is 14.6 Å². The highest BCUT2D eigenvalue weighted by Crippen LogP contribution is 2.37. The number of hydrogen-bond donors (Lipinski definition) is 2. The molecule has 1 amide bonds. The van der Waals surface area contributed by atoms with E-state index >= 15 is 0 Å². The zero-order chi connectivity index (χ0) is 16.0. The standard InChI is InChI=1S/C15H14N2O5/c1-3-22-14-10(12(19)13(14)20)16-8-5-4-7-6-17(2)15(21)9(7)11(8)18/h4-5,16,18H,3,6H2,1-2H3. The van der Waals surface area contributed by atoms with Gasteiger partial charge in [0.15, 0.2) is 11.5 Å². The van der Waals surface area contributed by atoms with E-state index in [1.165, 1.54) is 4.90 Å². The van der Waals surface area contributed by atoms with Gasteiger partial charge in [-0.25, -0.2) is 0 Å². The summed E-state index contributed by atoms with van der Waals surface area (Å²) >= 11 is 0. The highest BCUT2D eigenvalue weighted by Gasteiger charge is 2.30. The molecule has 1 aliphatic rings. The van der Waals surface area contributed by atoms with Gasteiger partial charge in [0.05, 0.1) is 17.9 Å². The zero-order valence-corrected chi connectivity index (χ0v) is 12.1. The Bertz CT molecular complexity index is 848. The van der Waals surface area contributed by atoms with Gasteiger partial charge < -0.3 is 20.1 Å². The van der Waals surface area contributed by atoms with Crippen LogP contribution in [0.2, 0.25) is 0 Å². The van der Waals surface area contributed by atoms with Crippen molar-refractivity contribution in [2.24, 2.45) is 0 Å². The number of amides is 1. The summed E-state index contributed by atoms with van der Waals surface area (Å²) in [6.45, 7) is 2.37. The monoisotopic (exact) mass is 302 g/mol. The van der Waals surface area contributed by atoms with Crippen molar-refractivity contribution in [3.63, 3.8) is 0 Å². The summed E-state index contributed by atoms with van der Waals surface area (Å²) in [5.74, 6) is -0.565. The number of nitrogens with one attached hydrogen (secondary N) is 1. The smallest absolute Gasteiger partial charge is 0.272 e. The van der Waals surface area contributed by atoms with Gasteiger partial charge in [0.1, 0.15) is 5.69 Å². The molecule has 1 heterocycles. The number of aromatic hydroxyl groups is 1. The molecule has 2 aromatic rings. The van der Waals surface area contributed by atoms with Crippen molar-refractivity contribution >= 4 is 17.3 Å². The van der Waals surface area contributed by atoms with Gasteiger partial charge in [-0.05, 0) is 18.6 Å². The third-order valence-corrected chi connectivity index (χ3v) is 3.65. The first-order chi connectivity index (χ1) is 10.5. The van der Waals surface area contributed by atoms with E-state index in [0.29, 0.717) is 12.1 Å². The van der Waals surface area contributed by atoms with E-state index in [1.807, 2.05) is 0 Å². The van der Waals surface area contributed by atoms with E-state index in [1.54, 1.807) is 26.1 Å². The molecule has 3 rings (SSSR count). The normalized spacial score (nSPS) is 13.5. The Morgan fingerprint density at radius 1 is 1.27 bits per heavy atom. The lowest BCUT2D eigenvalue weighted by Crippen LogP contribution is -2.35. The molecule has 7 nitrogen and oxygen atoms in total. The van der Waals surface area contributed by atoms with Crippen molar-refractivity contribution in [3.05, 3.63) is 43.7 Å². The van der Waals surface area contributed by atoms with Crippen molar-refractivity contribution in [2.45, 2.75) is 13.5 Å². The summed E-state index contributed by atoms with van der Waals surface area (Å²) in [5, 5.41) is 13.0. The van der Waals surface area contributed by atoms with E-state index in [0.717, 1.165) is 0 Å². The fraction of sp³-hybridized carbons (Fsp3) is 0.267. The highest BCUT2D eigenvalue weighted by atomic mass is 16.5. The lowest BCUT2D eigenvalue weighted by atomic mass is 10.1. The van der Waals surface area contributed by atoms with Crippen LogP contribution in [-0.2, 0) is 6.54 Å². The molecule has 22 heavy (non-hydrogen) atoms. The topological polar surface area (TPSA) is 95.9 Å². The summed E-state index contributed by atoms with van der Waals surface area (Å²) in [6, 6.07) is 3.26. The third kappa shape index (κ3) is 1.86. The Morgan fingerprint density at radius 2 is 2.00 bits per heavy atom. The molecule has 0 saturated heterocycles. The summed E-state index contributed by atoms with van der Waals surface area (Å²) in [4.78, 5) is 36.5. The second-order valence-corrected chi connectivity index (χ2v) is 5.08. The first-order valence-corrected chi connectivity index (χ1v) is 6.79. The van der Waals surface area contributed by atoms with E-state index < -0.39 is 10.9 Å². The number of phenols is 1. The van der Waals surface area contributed by atoms with Crippen LogP contribution in [0.3, 0.4) is 0 Å². The minimum absolute atomic E-state index is 0.000834. The van der Waals surface area contributed by atoms with Gasteiger partial charge in [-0.2, -0.15) is 0 Å². The SMILES string of the molecule is CCOc1c(Nc2ccc3c(c2O)C(=O)N(C)C3)c(=O)c1=O. The van der Waals surface area contributed by atoms with Crippen molar-refractivity contribution in [3.8, 4) is 11.5 Å². The summed E-state index contributed by atoms with van der Waals surface area (Å²) in [5.41, 5.74) is -0.279. The van der Waals surface area contributed by atoms with Crippen LogP contribution in [-0.4, -0.2) is 29.6 Å². The van der Waals surface area contributed by atoms with Gasteiger partial charge in [0.25, 0.3) is 16.8 Å². The molecule has 0 aliphatic carbocycles. The number of carbonyl (C=O) groups is 1. The number of rotatable bonds is 4. The Balaban J connectivity index is 1.99. The van der Waals surface area contributed by atoms with Crippen molar-refractivity contribution in [1.82, 2.24) is 4.90 Å². The molecule has 0 atom stereocenters. The minimum atomic E-state index is -0.702. The first kappa shape index (κ1) is 14.1. The molecular formula is C15H14N2O5. The largest absolute Gasteiger partial charge is 0.505 e. The molecule has 0 aromatic heterocycles. The van der Waals surface area contributed by atoms with Crippen molar-refractivity contribution in [2.75, 3.05) is 19.0 Å². The van der Waals surface area contributed by atoms with E-state index in [4.69, 9.17) is 4.74 Å². The van der Waals surface area contributed by atoms with Crippen LogP contribution in [0.4, 0.5) is 11.4 Å². The van der Waals surface area contributed by atoms with Crippen molar-refractivity contribution in [1.29, 1.82) is 0 Å². The maximum Gasteiger partial charge on any atom is 0.272 e. The molecule has 0 spiro atoms. The molecule has 114 valence electrons. The maximum atomic E-state index is 12.0. The molecule has 2 N–H and O–H groups in total. The second kappa shape index (κ2) is 4.87. The molecule has 0 unspecified atom stereocenters. The molecule has 7 heteroatoms. The molecule has 0 radical (unpaired) electrons. The number of fused-ring (bicyclic) bond motifs is 1. The number of ether oxygens (including phenoxy) is 1. The number of phenolic OH excluding ortho intramolecular Hbond substituents is 1. The summed E-state index contributed by atoms with van der Waals surface area (Å²) in [6.07, 6.45) is 0. The van der Waals surface area contributed by atoms with E-state index in [2.05, 4.69) is 5.32 Å². The van der Waals surface area contributed by atoms with Crippen LogP contribution < -0.4 is 20.9 Å². The average molecular weight is 302 g/mol. The third-order valence-electron chi connectivity index (χ3n) is 3.65. The van der Waals surface area contributed by atoms with Gasteiger partial charge in [0, 0.05) is 13.6 Å². The van der Waals surface area contributed by atoms with Gasteiger partial charge in [-0.1, -0.05) is 6.07 Å². The molecular weight excluding hydrogens is 288 g/mol. The Labute approximate surface area is 125 Å². The van der Waals surface area contributed by atoms with Gasteiger partial charge in [0.2, 0.25) is 0 Å². The molecule has 0 saturated carbocycles. The fourth-order valence-corrected chi connectivity index (χ4v) is 2.52. The predicted molar refractivity (Wildman–Crippen MR) is 79.7 cm³/mol. The quantitative estimate of drug-likeness (QED) is 0.638. The average Bonchev–Trinajstić information content (AvgIpc) is 2.80. The molecule has 0 bridgehead atoms. The summed E-state index contributed by atoms with van der Waals surface area (Å²) in [7, 11) is 1.64. The lowest BCUT2D eigenvalue weighted by Gasteiger charge is -2.15. The van der Waals surface area contributed by atoms with Crippen LogP contribution in [0.1, 0.15) is 22.8 Å². The van der Waals surface area contributed by atoms with E-state index in [9.17, 15) is 19.5 Å². The van der Waals surface area contributed by atoms with Crippen LogP contribution in [0.25, 0.3) is 0 Å². The highest BCUT2D eigenvalue weighted by molar-refractivity contribution is 6.02. The number of hydrogen-bond acceptors (Lipinski definition) is 6. The Hall–Kier alpha value is -2.83. The number of carbonyl (C=O) groups excluding carboxylic acids is 1. The van der Waals surface area contributed by atoms with Crippen LogP contribution in [0.15, 0.2) is 21.7 Å². The number of anilines is 2. The maximum absolute atomic E-state index is 12.0. The molecule has 0 fully saturated rings. The van der Waals surface area contributed by atoms with Crippen LogP contribution >= 0.6 is 0 Å². The second-order valence-electron chi connectivity index (χ2n) is 5.08. The number of benzene rings is 1. The Kier molecular flexibility index (Phi) is 3.13. The van der Waals surface area contributed by atoms with Crippen LogP contribution in [0.5, 0.6) is 11.5 Å². The van der Waals surface area contributed by atoms with Gasteiger partial charge in [-0.15, -0.1) is 0 Å². The molecule has 2 aromatic carbocycles. The predicted octanol–water partition coefficient (Wildman–Crippen LogP) is 0.716. The van der Waals surface area contributed by atoms with Crippen LogP contribution in [0, 0.1) is 0 Å². The Morgan fingerprint density at radius 3 is 2.68 bits per heavy atom.